The van der Waals surface area contributed by atoms with Crippen LogP contribution >= 0.6 is 0 Å². The van der Waals surface area contributed by atoms with Crippen LogP contribution in [-0.2, 0) is 6.54 Å². The Bertz CT molecular complexity index is 797. The Morgan fingerprint density at radius 3 is 2.61 bits per heavy atom. The molecule has 1 heterocycles. The van der Waals surface area contributed by atoms with Crippen LogP contribution in [0, 0.1) is 0 Å². The molecule has 1 aromatic heterocycles. The van der Waals surface area contributed by atoms with Gasteiger partial charge in [0.2, 0.25) is 0 Å². The van der Waals surface area contributed by atoms with Crippen molar-refractivity contribution in [2.45, 2.75) is 13.5 Å². The largest absolute Gasteiger partial charge is 0.322 e. The first-order valence-corrected chi connectivity index (χ1v) is 7.71. The second kappa shape index (κ2) is 6.92. The Balaban J connectivity index is 1.79. The van der Waals surface area contributed by atoms with E-state index in [1.54, 1.807) is 11.1 Å². The van der Waals surface area contributed by atoms with E-state index >= 15 is 0 Å². The van der Waals surface area contributed by atoms with Crippen LogP contribution < -0.4 is 5.32 Å². The molecule has 0 fully saturated rings. The number of carbonyl (C=O) groups is 1. The highest BCUT2D eigenvalue weighted by molar-refractivity contribution is 5.99. The molecule has 0 aliphatic rings. The molecule has 4 heteroatoms. The molecule has 0 unspecified atom stereocenters. The number of benzene rings is 2. The van der Waals surface area contributed by atoms with Crippen LogP contribution in [0.25, 0.3) is 10.9 Å². The molecule has 116 valence electrons. The summed E-state index contributed by atoms with van der Waals surface area (Å²) in [5, 5.41) is 3.99. The van der Waals surface area contributed by atoms with E-state index in [0.717, 1.165) is 22.2 Å². The highest BCUT2D eigenvalue weighted by Crippen LogP contribution is 2.21. The number of pyridine rings is 1. The molecule has 0 aliphatic heterocycles. The van der Waals surface area contributed by atoms with Crippen molar-refractivity contribution in [3.05, 3.63) is 72.4 Å². The first-order chi connectivity index (χ1) is 11.3. The van der Waals surface area contributed by atoms with E-state index < -0.39 is 0 Å². The first-order valence-electron chi connectivity index (χ1n) is 7.71. The van der Waals surface area contributed by atoms with Crippen molar-refractivity contribution in [2.24, 2.45) is 0 Å². The number of hydrogen-bond acceptors (Lipinski definition) is 2. The number of hydrogen-bond donors (Lipinski definition) is 1. The maximum atomic E-state index is 12.6. The van der Waals surface area contributed by atoms with E-state index in [2.05, 4.69) is 10.3 Å². The molecule has 4 nitrogen and oxygen atoms in total. The van der Waals surface area contributed by atoms with Gasteiger partial charge in [0.05, 0.1) is 11.2 Å². The van der Waals surface area contributed by atoms with Gasteiger partial charge in [-0.2, -0.15) is 0 Å². The Morgan fingerprint density at radius 1 is 1.04 bits per heavy atom. The summed E-state index contributed by atoms with van der Waals surface area (Å²) in [4.78, 5) is 18.7. The van der Waals surface area contributed by atoms with Crippen molar-refractivity contribution in [1.29, 1.82) is 0 Å². The zero-order valence-electron chi connectivity index (χ0n) is 13.1. The lowest BCUT2D eigenvalue weighted by Crippen LogP contribution is -2.34. The topological polar surface area (TPSA) is 45.2 Å². The Kier molecular flexibility index (Phi) is 4.52. The monoisotopic (exact) mass is 305 g/mol. The molecule has 0 saturated heterocycles. The summed E-state index contributed by atoms with van der Waals surface area (Å²) in [6.45, 7) is 3.20. The van der Waals surface area contributed by atoms with Gasteiger partial charge in [-0.3, -0.25) is 4.98 Å². The Hall–Kier alpha value is -2.88. The van der Waals surface area contributed by atoms with Gasteiger partial charge < -0.3 is 10.2 Å². The van der Waals surface area contributed by atoms with Crippen LogP contribution in [0.1, 0.15) is 12.5 Å². The standard InChI is InChI=1S/C19H19N3O/c1-2-22(14-15-8-4-3-5-9-15)19(23)21-17-12-6-10-16-11-7-13-20-18(16)17/h3-13H,2,14H2,1H3,(H,21,23). The number of para-hydroxylation sites is 1. The molecule has 0 bridgehead atoms. The molecular formula is C19H19N3O. The average Bonchev–Trinajstić information content (AvgIpc) is 2.61. The van der Waals surface area contributed by atoms with Crippen LogP contribution in [0.3, 0.4) is 0 Å². The summed E-state index contributed by atoms with van der Waals surface area (Å²) in [5.74, 6) is 0. The molecular weight excluding hydrogens is 286 g/mol. The molecule has 3 aromatic rings. The molecule has 1 N–H and O–H groups in total. The minimum absolute atomic E-state index is 0.116. The van der Waals surface area contributed by atoms with Crippen molar-refractivity contribution < 1.29 is 4.79 Å². The summed E-state index contributed by atoms with van der Waals surface area (Å²) in [5.41, 5.74) is 2.65. The molecule has 0 aliphatic carbocycles. The van der Waals surface area contributed by atoms with E-state index in [4.69, 9.17) is 0 Å². The lowest BCUT2D eigenvalue weighted by Gasteiger charge is -2.22. The minimum atomic E-state index is -0.116. The predicted octanol–water partition coefficient (Wildman–Crippen LogP) is 4.29. The van der Waals surface area contributed by atoms with Crippen LogP contribution in [0.15, 0.2) is 66.9 Å². The second-order valence-electron chi connectivity index (χ2n) is 5.31. The normalized spacial score (nSPS) is 10.5. The third-order valence-corrected chi connectivity index (χ3v) is 3.76. The fourth-order valence-electron chi connectivity index (χ4n) is 2.53. The van der Waals surface area contributed by atoms with E-state index in [0.29, 0.717) is 13.1 Å². The number of urea groups is 1. The molecule has 2 amide bonds. The number of anilines is 1. The fraction of sp³-hybridized carbons (Fsp3) is 0.158. The van der Waals surface area contributed by atoms with Gasteiger partial charge in [-0.05, 0) is 24.6 Å². The maximum absolute atomic E-state index is 12.6. The fourth-order valence-corrected chi connectivity index (χ4v) is 2.53. The van der Waals surface area contributed by atoms with Gasteiger partial charge in [-0.25, -0.2) is 4.79 Å². The molecule has 0 atom stereocenters. The lowest BCUT2D eigenvalue weighted by molar-refractivity contribution is 0.212. The maximum Gasteiger partial charge on any atom is 0.322 e. The molecule has 0 saturated carbocycles. The summed E-state index contributed by atoms with van der Waals surface area (Å²) < 4.78 is 0. The zero-order chi connectivity index (χ0) is 16.1. The number of amides is 2. The third-order valence-electron chi connectivity index (χ3n) is 3.76. The molecule has 3 rings (SSSR count). The smallest absolute Gasteiger partial charge is 0.320 e. The van der Waals surface area contributed by atoms with Crippen molar-refractivity contribution in [3.8, 4) is 0 Å². The number of carbonyl (C=O) groups excluding carboxylic acids is 1. The van der Waals surface area contributed by atoms with Gasteiger partial charge in [-0.1, -0.05) is 48.5 Å². The van der Waals surface area contributed by atoms with Crippen molar-refractivity contribution >= 4 is 22.6 Å². The lowest BCUT2D eigenvalue weighted by atomic mass is 10.2. The third kappa shape index (κ3) is 3.48. The summed E-state index contributed by atoms with van der Waals surface area (Å²) in [7, 11) is 0. The number of aromatic nitrogens is 1. The summed E-state index contributed by atoms with van der Waals surface area (Å²) in [6.07, 6.45) is 1.74. The zero-order valence-corrected chi connectivity index (χ0v) is 13.1. The predicted molar refractivity (Wildman–Crippen MR) is 93.3 cm³/mol. The highest BCUT2D eigenvalue weighted by atomic mass is 16.2. The van der Waals surface area contributed by atoms with Crippen molar-refractivity contribution in [3.63, 3.8) is 0 Å². The Morgan fingerprint density at radius 2 is 1.83 bits per heavy atom. The molecule has 0 spiro atoms. The van der Waals surface area contributed by atoms with E-state index in [1.807, 2.05) is 67.6 Å². The van der Waals surface area contributed by atoms with Gasteiger partial charge in [0.15, 0.2) is 0 Å². The number of nitrogens with one attached hydrogen (secondary N) is 1. The Labute approximate surface area is 135 Å². The summed E-state index contributed by atoms with van der Waals surface area (Å²) in [6, 6.07) is 19.5. The second-order valence-corrected chi connectivity index (χ2v) is 5.31. The number of rotatable bonds is 4. The SMILES string of the molecule is CCN(Cc1ccccc1)C(=O)Nc1cccc2cccnc12. The van der Waals surface area contributed by atoms with E-state index in [-0.39, 0.29) is 6.03 Å². The minimum Gasteiger partial charge on any atom is -0.320 e. The van der Waals surface area contributed by atoms with E-state index in [9.17, 15) is 4.79 Å². The van der Waals surface area contributed by atoms with Gasteiger partial charge in [0, 0.05) is 24.7 Å². The number of nitrogens with zero attached hydrogens (tertiary/aromatic N) is 2. The molecule has 23 heavy (non-hydrogen) atoms. The van der Waals surface area contributed by atoms with Crippen molar-refractivity contribution in [2.75, 3.05) is 11.9 Å². The summed E-state index contributed by atoms with van der Waals surface area (Å²) >= 11 is 0. The van der Waals surface area contributed by atoms with Crippen LogP contribution in [0.4, 0.5) is 10.5 Å². The van der Waals surface area contributed by atoms with Crippen LogP contribution in [-0.4, -0.2) is 22.5 Å². The quantitative estimate of drug-likeness (QED) is 0.781. The van der Waals surface area contributed by atoms with Crippen LogP contribution in [0.2, 0.25) is 0 Å². The van der Waals surface area contributed by atoms with Gasteiger partial charge >= 0.3 is 6.03 Å². The van der Waals surface area contributed by atoms with Crippen molar-refractivity contribution in [1.82, 2.24) is 9.88 Å². The van der Waals surface area contributed by atoms with Crippen LogP contribution in [0.5, 0.6) is 0 Å². The van der Waals surface area contributed by atoms with Gasteiger partial charge in [-0.15, -0.1) is 0 Å². The molecule has 0 radical (unpaired) electrons. The number of fused-ring (bicyclic) bond motifs is 1. The first kappa shape index (κ1) is 15.0. The van der Waals surface area contributed by atoms with E-state index in [1.165, 1.54) is 0 Å². The van der Waals surface area contributed by atoms with Gasteiger partial charge in [0.1, 0.15) is 0 Å². The average molecular weight is 305 g/mol. The highest BCUT2D eigenvalue weighted by Gasteiger charge is 2.13. The van der Waals surface area contributed by atoms with Gasteiger partial charge in [0.25, 0.3) is 0 Å². The molecule has 2 aromatic carbocycles.